The summed E-state index contributed by atoms with van der Waals surface area (Å²) in [5.74, 6) is -1.77. The maximum Gasteiger partial charge on any atom is 0.245 e. The van der Waals surface area contributed by atoms with Crippen LogP contribution >= 0.6 is 11.6 Å². The molecule has 1 saturated heterocycles. The Morgan fingerprint density at radius 1 is 1.05 bits per heavy atom. The van der Waals surface area contributed by atoms with E-state index in [9.17, 15) is 27.6 Å². The van der Waals surface area contributed by atoms with E-state index in [0.29, 0.717) is 10.4 Å². The average molecular weight is 636 g/mol. The van der Waals surface area contributed by atoms with E-state index in [0.717, 1.165) is 9.69 Å². The van der Waals surface area contributed by atoms with Gasteiger partial charge in [0, 0.05) is 49.1 Å². The first-order chi connectivity index (χ1) is 19.9. The Labute approximate surface area is 258 Å². The van der Waals surface area contributed by atoms with Crippen LogP contribution in [0.15, 0.2) is 41.3 Å². The summed E-state index contributed by atoms with van der Waals surface area (Å²) in [7, 11) is -4.24. The van der Waals surface area contributed by atoms with Gasteiger partial charge in [-0.2, -0.15) is 4.31 Å². The van der Waals surface area contributed by atoms with Crippen LogP contribution in [0.25, 0.3) is 10.8 Å². The van der Waals surface area contributed by atoms with E-state index in [-0.39, 0.29) is 61.6 Å². The molecule has 0 saturated carbocycles. The standard InChI is InChI=1S/C30H42ClN5O6S/c1-19(2)34(15-13-27(38)33-30(4,5)6)28(39)20(3)35-14-11-25(29(35)40)36(16-12-26(32)37)43(41,42)24-10-8-21-17-23(31)9-7-22(21)18-24/h7-10,17-20,25H,11-16H2,1-6H3,(H2,32,37)(H,33,38)/t20-,25-/m0/s1. The lowest BCUT2D eigenvalue weighted by Crippen LogP contribution is -2.53. The van der Waals surface area contributed by atoms with Gasteiger partial charge in [0.25, 0.3) is 0 Å². The van der Waals surface area contributed by atoms with Crippen molar-refractivity contribution in [2.24, 2.45) is 5.73 Å². The number of fused-ring (bicyclic) bond motifs is 1. The van der Waals surface area contributed by atoms with Crippen LogP contribution < -0.4 is 11.1 Å². The van der Waals surface area contributed by atoms with E-state index in [2.05, 4.69) is 5.32 Å². The number of benzene rings is 2. The van der Waals surface area contributed by atoms with Crippen LogP contribution in [-0.4, -0.2) is 89.5 Å². The quantitative estimate of drug-likeness (QED) is 0.366. The Bertz CT molecular complexity index is 1490. The second-order valence-corrected chi connectivity index (χ2v) is 14.5. The molecule has 0 bridgehead atoms. The maximum atomic E-state index is 13.9. The highest BCUT2D eigenvalue weighted by molar-refractivity contribution is 7.89. The highest BCUT2D eigenvalue weighted by Crippen LogP contribution is 2.29. The summed E-state index contributed by atoms with van der Waals surface area (Å²) >= 11 is 6.07. The molecule has 1 fully saturated rings. The number of carbonyl (C=O) groups excluding carboxylic acids is 4. The fourth-order valence-electron chi connectivity index (χ4n) is 5.19. The average Bonchev–Trinajstić information content (AvgIpc) is 3.27. The Hall–Kier alpha value is -3.22. The lowest BCUT2D eigenvalue weighted by molar-refractivity contribution is -0.145. The number of nitrogens with one attached hydrogen (secondary N) is 1. The number of sulfonamides is 1. The lowest BCUT2D eigenvalue weighted by Gasteiger charge is -2.34. The third-order valence-corrected chi connectivity index (χ3v) is 9.48. The smallest absolute Gasteiger partial charge is 0.245 e. The first-order valence-electron chi connectivity index (χ1n) is 14.3. The number of carbonyl (C=O) groups is 4. The van der Waals surface area contributed by atoms with Gasteiger partial charge >= 0.3 is 0 Å². The molecule has 43 heavy (non-hydrogen) atoms. The van der Waals surface area contributed by atoms with E-state index in [1.807, 2.05) is 34.6 Å². The monoisotopic (exact) mass is 635 g/mol. The van der Waals surface area contributed by atoms with E-state index >= 15 is 0 Å². The summed E-state index contributed by atoms with van der Waals surface area (Å²) in [6.07, 6.45) is -0.0483. The van der Waals surface area contributed by atoms with Gasteiger partial charge in [-0.15, -0.1) is 0 Å². The molecule has 0 unspecified atom stereocenters. The lowest BCUT2D eigenvalue weighted by atomic mass is 10.1. The molecule has 0 aromatic heterocycles. The number of hydrogen-bond acceptors (Lipinski definition) is 6. The van der Waals surface area contributed by atoms with Crippen molar-refractivity contribution in [3.8, 4) is 0 Å². The normalized spacial score (nSPS) is 16.6. The number of amides is 4. The van der Waals surface area contributed by atoms with Crippen molar-refractivity contribution in [2.75, 3.05) is 19.6 Å². The minimum Gasteiger partial charge on any atom is -0.370 e. The minimum absolute atomic E-state index is 0.0401. The SMILES string of the molecule is CC(C)N(CCC(=O)NC(C)(C)C)C(=O)[C@H](C)N1CC[C@H](N(CCC(N)=O)S(=O)(=O)c2ccc3cc(Cl)ccc3c2)C1=O. The van der Waals surface area contributed by atoms with Gasteiger partial charge in [-0.05, 0) is 83.0 Å². The largest absolute Gasteiger partial charge is 0.370 e. The van der Waals surface area contributed by atoms with Gasteiger partial charge in [0.15, 0.2) is 0 Å². The van der Waals surface area contributed by atoms with Gasteiger partial charge in [0.1, 0.15) is 12.1 Å². The van der Waals surface area contributed by atoms with Crippen LogP contribution in [0.5, 0.6) is 0 Å². The minimum atomic E-state index is -4.24. The fourth-order valence-corrected chi connectivity index (χ4v) is 7.02. The molecule has 1 heterocycles. The molecule has 2 atom stereocenters. The highest BCUT2D eigenvalue weighted by Gasteiger charge is 2.45. The maximum absolute atomic E-state index is 13.9. The summed E-state index contributed by atoms with van der Waals surface area (Å²) in [6.45, 7) is 10.9. The Morgan fingerprint density at radius 3 is 2.28 bits per heavy atom. The van der Waals surface area contributed by atoms with Crippen molar-refractivity contribution in [2.45, 2.75) is 89.4 Å². The number of primary amides is 1. The molecule has 236 valence electrons. The van der Waals surface area contributed by atoms with Gasteiger partial charge in [0.2, 0.25) is 33.7 Å². The molecule has 2 aromatic rings. The third-order valence-electron chi connectivity index (χ3n) is 7.34. The van der Waals surface area contributed by atoms with Gasteiger partial charge < -0.3 is 20.9 Å². The van der Waals surface area contributed by atoms with Gasteiger partial charge in [-0.25, -0.2) is 8.42 Å². The zero-order valence-electron chi connectivity index (χ0n) is 25.6. The van der Waals surface area contributed by atoms with Crippen LogP contribution in [-0.2, 0) is 29.2 Å². The van der Waals surface area contributed by atoms with Gasteiger partial charge in [-0.3, -0.25) is 19.2 Å². The van der Waals surface area contributed by atoms with Crippen LogP contribution in [0.2, 0.25) is 5.02 Å². The summed E-state index contributed by atoms with van der Waals surface area (Å²) in [4.78, 5) is 54.3. The molecule has 0 radical (unpaired) electrons. The van der Waals surface area contributed by atoms with E-state index in [1.54, 1.807) is 36.1 Å². The van der Waals surface area contributed by atoms with E-state index in [4.69, 9.17) is 17.3 Å². The third kappa shape index (κ3) is 8.45. The second kappa shape index (κ2) is 13.6. The topological polar surface area (TPSA) is 150 Å². The Balaban J connectivity index is 1.84. The first-order valence-corrected chi connectivity index (χ1v) is 16.2. The number of hydrogen-bond donors (Lipinski definition) is 2. The highest BCUT2D eigenvalue weighted by atomic mass is 35.5. The number of nitrogens with two attached hydrogens (primary N) is 1. The van der Waals surface area contributed by atoms with Crippen molar-refractivity contribution in [1.29, 1.82) is 0 Å². The molecule has 11 nitrogen and oxygen atoms in total. The molecule has 0 spiro atoms. The molecule has 4 amide bonds. The zero-order valence-corrected chi connectivity index (χ0v) is 27.2. The summed E-state index contributed by atoms with van der Waals surface area (Å²) in [5.41, 5.74) is 4.95. The molecular weight excluding hydrogens is 594 g/mol. The number of halogens is 1. The van der Waals surface area contributed by atoms with Crippen LogP contribution in [0, 0.1) is 0 Å². The molecule has 13 heteroatoms. The number of likely N-dealkylation sites (tertiary alicyclic amines) is 1. The van der Waals surface area contributed by atoms with Crippen LogP contribution in [0.4, 0.5) is 0 Å². The molecule has 0 aliphatic carbocycles. The summed E-state index contributed by atoms with van der Waals surface area (Å²) in [6, 6.07) is 7.39. The molecule has 3 rings (SSSR count). The van der Waals surface area contributed by atoms with Crippen molar-refractivity contribution < 1.29 is 27.6 Å². The molecule has 2 aromatic carbocycles. The van der Waals surface area contributed by atoms with Crippen LogP contribution in [0.3, 0.4) is 0 Å². The van der Waals surface area contributed by atoms with Gasteiger partial charge in [-0.1, -0.05) is 23.7 Å². The van der Waals surface area contributed by atoms with E-state index in [1.165, 1.54) is 17.0 Å². The number of nitrogens with zero attached hydrogens (tertiary/aromatic N) is 3. The fraction of sp³-hybridized carbons (Fsp3) is 0.533. The Kier molecular flexibility index (Phi) is 10.8. The molecule has 1 aliphatic heterocycles. The van der Waals surface area contributed by atoms with Crippen molar-refractivity contribution in [3.63, 3.8) is 0 Å². The zero-order chi connectivity index (χ0) is 32.3. The van der Waals surface area contributed by atoms with Crippen LogP contribution in [0.1, 0.15) is 60.8 Å². The molecule has 3 N–H and O–H groups in total. The predicted molar refractivity (Wildman–Crippen MR) is 166 cm³/mol. The molecular formula is C30H42ClN5O6S. The first kappa shape index (κ1) is 34.3. The Morgan fingerprint density at radius 2 is 1.67 bits per heavy atom. The second-order valence-electron chi connectivity index (χ2n) is 12.2. The number of rotatable bonds is 12. The molecule has 1 aliphatic rings. The van der Waals surface area contributed by atoms with Crippen molar-refractivity contribution in [1.82, 2.24) is 19.4 Å². The predicted octanol–water partition coefficient (Wildman–Crippen LogP) is 2.89. The summed E-state index contributed by atoms with van der Waals surface area (Å²) in [5, 5.41) is 4.78. The van der Waals surface area contributed by atoms with Gasteiger partial charge in [0.05, 0.1) is 4.90 Å². The summed E-state index contributed by atoms with van der Waals surface area (Å²) < 4.78 is 28.8. The van der Waals surface area contributed by atoms with Crippen molar-refractivity contribution in [3.05, 3.63) is 41.4 Å². The van der Waals surface area contributed by atoms with E-state index < -0.39 is 39.5 Å². The van der Waals surface area contributed by atoms with Crippen molar-refractivity contribution >= 4 is 56.0 Å².